The first-order valence-corrected chi connectivity index (χ1v) is 8.74. The molecule has 2 aromatic carbocycles. The molecule has 0 bridgehead atoms. The molecule has 3 aromatic rings. The minimum absolute atomic E-state index is 0.0114. The van der Waals surface area contributed by atoms with Crippen molar-refractivity contribution in [2.45, 2.75) is 13.1 Å². The van der Waals surface area contributed by atoms with Gasteiger partial charge in [-0.05, 0) is 16.3 Å². The number of fused-ring (bicyclic) bond motifs is 1. The van der Waals surface area contributed by atoms with E-state index in [0.29, 0.717) is 17.5 Å². The predicted octanol–water partition coefficient (Wildman–Crippen LogP) is 3.53. The molecule has 25 heavy (non-hydrogen) atoms. The second-order valence-corrected chi connectivity index (χ2v) is 6.89. The molecule has 6 heteroatoms. The summed E-state index contributed by atoms with van der Waals surface area (Å²) in [7, 11) is 0. The van der Waals surface area contributed by atoms with Crippen LogP contribution in [0.1, 0.15) is 5.56 Å². The molecule has 0 unspecified atom stereocenters. The molecule has 2 heterocycles. The number of urea groups is 1. The third-order valence-electron chi connectivity index (χ3n) is 4.60. The number of hydrogen-bond donors (Lipinski definition) is 1. The number of nitrogens with one attached hydrogen (secondary N) is 1. The molecule has 1 aliphatic rings. The lowest BCUT2D eigenvalue weighted by molar-refractivity contribution is 0.108. The van der Waals surface area contributed by atoms with Crippen molar-refractivity contribution in [1.82, 2.24) is 20.0 Å². The fourth-order valence-electron chi connectivity index (χ4n) is 3.28. The number of amides is 2. The topological polar surface area (TPSA) is 50.2 Å². The van der Waals surface area contributed by atoms with Crippen LogP contribution in [0.25, 0.3) is 10.8 Å². The van der Waals surface area contributed by atoms with Crippen molar-refractivity contribution >= 4 is 28.4 Å². The number of halogens is 1. The highest BCUT2D eigenvalue weighted by Crippen LogP contribution is 2.20. The van der Waals surface area contributed by atoms with Crippen LogP contribution in [-0.4, -0.2) is 33.8 Å². The van der Waals surface area contributed by atoms with Gasteiger partial charge in [0.1, 0.15) is 0 Å². The van der Waals surface area contributed by atoms with E-state index < -0.39 is 0 Å². The number of nitrogens with zero attached hydrogens (tertiary/aromatic N) is 3. The van der Waals surface area contributed by atoms with Crippen LogP contribution >= 0.6 is 11.6 Å². The van der Waals surface area contributed by atoms with Crippen molar-refractivity contribution in [3.05, 3.63) is 65.4 Å². The highest BCUT2D eigenvalue weighted by molar-refractivity contribution is 6.30. The summed E-state index contributed by atoms with van der Waals surface area (Å²) < 4.78 is 1.83. The first-order valence-electron chi connectivity index (χ1n) is 8.36. The Bertz CT molecular complexity index is 896. The van der Waals surface area contributed by atoms with Crippen LogP contribution in [0.15, 0.2) is 54.9 Å². The summed E-state index contributed by atoms with van der Waals surface area (Å²) in [5, 5.41) is 10.2. The standard InChI is InChI=1S/C19H19ClN4O/c20-17-9-22-24(13-17)12-14-10-23(11-14)19(25)21-8-16-6-3-5-15-4-1-2-7-18(15)16/h1-7,9,13-14H,8,10-12H2,(H,21,25). The molecule has 1 fully saturated rings. The van der Waals surface area contributed by atoms with Crippen LogP contribution in [0.3, 0.4) is 0 Å². The van der Waals surface area contributed by atoms with Crippen molar-refractivity contribution < 1.29 is 4.79 Å². The first-order chi connectivity index (χ1) is 12.2. The van der Waals surface area contributed by atoms with Gasteiger partial charge in [0.05, 0.1) is 11.2 Å². The molecular weight excluding hydrogens is 336 g/mol. The molecule has 1 aromatic heterocycles. The van der Waals surface area contributed by atoms with Crippen LogP contribution in [0.5, 0.6) is 0 Å². The Labute approximate surface area is 151 Å². The van der Waals surface area contributed by atoms with Gasteiger partial charge in [-0.15, -0.1) is 0 Å². The number of aromatic nitrogens is 2. The van der Waals surface area contributed by atoms with Crippen molar-refractivity contribution in [2.24, 2.45) is 5.92 Å². The summed E-state index contributed by atoms with van der Waals surface area (Å²) >= 11 is 5.87. The third kappa shape index (κ3) is 3.46. The molecular formula is C19H19ClN4O. The average molecular weight is 355 g/mol. The van der Waals surface area contributed by atoms with Crippen molar-refractivity contribution in [2.75, 3.05) is 13.1 Å². The Kier molecular flexibility index (Phi) is 4.32. The number of carbonyl (C=O) groups is 1. The number of likely N-dealkylation sites (tertiary alicyclic amines) is 1. The molecule has 0 aliphatic carbocycles. The van der Waals surface area contributed by atoms with Crippen molar-refractivity contribution in [1.29, 1.82) is 0 Å². The molecule has 1 N–H and O–H groups in total. The van der Waals surface area contributed by atoms with Gasteiger partial charge in [-0.25, -0.2) is 4.79 Å². The molecule has 128 valence electrons. The lowest BCUT2D eigenvalue weighted by atomic mass is 10.0. The lowest BCUT2D eigenvalue weighted by Crippen LogP contribution is -2.54. The smallest absolute Gasteiger partial charge is 0.317 e. The largest absolute Gasteiger partial charge is 0.334 e. The van der Waals surface area contributed by atoms with Gasteiger partial charge < -0.3 is 10.2 Å². The molecule has 2 amide bonds. The predicted molar refractivity (Wildman–Crippen MR) is 98.5 cm³/mol. The van der Waals surface area contributed by atoms with E-state index in [0.717, 1.165) is 25.2 Å². The van der Waals surface area contributed by atoms with Crippen LogP contribution < -0.4 is 5.32 Å². The molecule has 1 aliphatic heterocycles. The Morgan fingerprint density at radius 2 is 2.00 bits per heavy atom. The normalized spacial score (nSPS) is 14.5. The maximum atomic E-state index is 12.3. The Morgan fingerprint density at radius 3 is 2.80 bits per heavy atom. The van der Waals surface area contributed by atoms with Gasteiger partial charge in [0.2, 0.25) is 0 Å². The fourth-order valence-corrected chi connectivity index (χ4v) is 3.44. The highest BCUT2D eigenvalue weighted by atomic mass is 35.5. The molecule has 4 rings (SSSR count). The zero-order valence-electron chi connectivity index (χ0n) is 13.7. The Hall–Kier alpha value is -2.53. The second kappa shape index (κ2) is 6.76. The summed E-state index contributed by atoms with van der Waals surface area (Å²) in [6.45, 7) is 2.83. The van der Waals surface area contributed by atoms with E-state index in [1.165, 1.54) is 10.8 Å². The highest BCUT2D eigenvalue weighted by Gasteiger charge is 2.30. The first kappa shape index (κ1) is 16.0. The van der Waals surface area contributed by atoms with Gasteiger partial charge in [0, 0.05) is 38.3 Å². The van der Waals surface area contributed by atoms with E-state index in [4.69, 9.17) is 11.6 Å². The maximum absolute atomic E-state index is 12.3. The fraction of sp³-hybridized carbons (Fsp3) is 0.263. The summed E-state index contributed by atoms with van der Waals surface area (Å²) in [4.78, 5) is 14.1. The molecule has 0 saturated carbocycles. The number of rotatable bonds is 4. The van der Waals surface area contributed by atoms with E-state index in [9.17, 15) is 4.79 Å². The average Bonchev–Trinajstić information content (AvgIpc) is 3.00. The van der Waals surface area contributed by atoms with Gasteiger partial charge in [0.15, 0.2) is 0 Å². The minimum atomic E-state index is -0.0114. The molecule has 0 atom stereocenters. The van der Waals surface area contributed by atoms with E-state index >= 15 is 0 Å². The maximum Gasteiger partial charge on any atom is 0.317 e. The van der Waals surface area contributed by atoms with Crippen LogP contribution in [0, 0.1) is 5.92 Å². The van der Waals surface area contributed by atoms with E-state index in [-0.39, 0.29) is 6.03 Å². The molecule has 0 radical (unpaired) electrons. The second-order valence-electron chi connectivity index (χ2n) is 6.45. The monoisotopic (exact) mass is 354 g/mol. The van der Waals surface area contributed by atoms with Crippen molar-refractivity contribution in [3.8, 4) is 0 Å². The third-order valence-corrected chi connectivity index (χ3v) is 4.80. The summed E-state index contributed by atoms with van der Waals surface area (Å²) in [5.74, 6) is 0.430. The van der Waals surface area contributed by atoms with Gasteiger partial charge in [-0.1, -0.05) is 54.1 Å². The lowest BCUT2D eigenvalue weighted by Gasteiger charge is -2.39. The molecule has 0 spiro atoms. The van der Waals surface area contributed by atoms with E-state index in [1.54, 1.807) is 6.20 Å². The quantitative estimate of drug-likeness (QED) is 0.779. The zero-order chi connectivity index (χ0) is 17.2. The van der Waals surface area contributed by atoms with E-state index in [2.05, 4.69) is 34.7 Å². The minimum Gasteiger partial charge on any atom is -0.334 e. The summed E-state index contributed by atoms with van der Waals surface area (Å²) in [6.07, 6.45) is 3.44. The van der Waals surface area contributed by atoms with Crippen LogP contribution in [-0.2, 0) is 13.1 Å². The zero-order valence-corrected chi connectivity index (χ0v) is 14.5. The molecule has 1 saturated heterocycles. The number of hydrogen-bond acceptors (Lipinski definition) is 2. The Balaban J connectivity index is 1.30. The van der Waals surface area contributed by atoms with Crippen LogP contribution in [0.2, 0.25) is 5.02 Å². The number of benzene rings is 2. The van der Waals surface area contributed by atoms with Gasteiger partial charge >= 0.3 is 6.03 Å². The van der Waals surface area contributed by atoms with Gasteiger partial charge in [-0.3, -0.25) is 4.68 Å². The molecule has 5 nitrogen and oxygen atoms in total. The summed E-state index contributed by atoms with van der Waals surface area (Å²) in [6, 6.07) is 14.4. The van der Waals surface area contributed by atoms with Gasteiger partial charge in [-0.2, -0.15) is 5.10 Å². The Morgan fingerprint density at radius 1 is 1.20 bits per heavy atom. The van der Waals surface area contributed by atoms with Crippen LogP contribution in [0.4, 0.5) is 4.79 Å². The summed E-state index contributed by atoms with van der Waals surface area (Å²) in [5.41, 5.74) is 1.13. The van der Waals surface area contributed by atoms with E-state index in [1.807, 2.05) is 34.0 Å². The number of carbonyl (C=O) groups excluding carboxylic acids is 1. The van der Waals surface area contributed by atoms with Crippen molar-refractivity contribution in [3.63, 3.8) is 0 Å². The van der Waals surface area contributed by atoms with Gasteiger partial charge in [0.25, 0.3) is 0 Å². The SMILES string of the molecule is O=C(NCc1cccc2ccccc12)N1CC(Cn2cc(Cl)cn2)C1.